The highest BCUT2D eigenvalue weighted by molar-refractivity contribution is 7.99. The van der Waals surface area contributed by atoms with Crippen molar-refractivity contribution in [3.8, 4) is 11.4 Å². The van der Waals surface area contributed by atoms with Gasteiger partial charge in [-0.15, -0.1) is 10.2 Å². The second-order valence-corrected chi connectivity index (χ2v) is 8.26. The number of para-hydroxylation sites is 1. The lowest BCUT2D eigenvalue weighted by Gasteiger charge is -2.12. The summed E-state index contributed by atoms with van der Waals surface area (Å²) in [6.45, 7) is -0.000548. The number of rotatable bonds is 12. The lowest BCUT2D eigenvalue weighted by atomic mass is 10.1. The number of hydrogen-bond acceptors (Lipinski definition) is 7. The highest BCUT2D eigenvalue weighted by Gasteiger charge is 2.16. The Morgan fingerprint density at radius 2 is 1.94 bits per heavy atom. The van der Waals surface area contributed by atoms with E-state index in [1.807, 2.05) is 24.3 Å². The molecule has 176 valence electrons. The molecule has 33 heavy (non-hydrogen) atoms. The lowest BCUT2D eigenvalue weighted by molar-refractivity contribution is -0.121. The summed E-state index contributed by atoms with van der Waals surface area (Å²) in [6, 6.07) is 13.5. The first-order valence-electron chi connectivity index (χ1n) is 10.5. The maximum atomic E-state index is 13.4. The van der Waals surface area contributed by atoms with E-state index in [4.69, 9.17) is 9.84 Å². The van der Waals surface area contributed by atoms with Crippen molar-refractivity contribution >= 4 is 17.7 Å². The molecule has 0 saturated carbocycles. The molecule has 3 aromatic rings. The first-order valence-corrected chi connectivity index (χ1v) is 11.5. The third-order valence-electron chi connectivity index (χ3n) is 4.89. The van der Waals surface area contributed by atoms with E-state index in [-0.39, 0.29) is 24.1 Å². The summed E-state index contributed by atoms with van der Waals surface area (Å²) in [5, 5.41) is 30.5. The average molecular weight is 475 g/mol. The van der Waals surface area contributed by atoms with E-state index in [9.17, 15) is 14.3 Å². The van der Waals surface area contributed by atoms with Gasteiger partial charge >= 0.3 is 0 Å². The van der Waals surface area contributed by atoms with Gasteiger partial charge in [0, 0.05) is 30.8 Å². The van der Waals surface area contributed by atoms with E-state index in [1.165, 1.54) is 23.9 Å². The number of carbonyl (C=O) groups is 1. The lowest BCUT2D eigenvalue weighted by Crippen LogP contribution is -2.26. The van der Waals surface area contributed by atoms with Crippen LogP contribution in [0.5, 0.6) is 5.75 Å². The molecule has 1 aromatic heterocycles. The molecule has 0 aliphatic carbocycles. The number of halogens is 1. The second-order valence-electron chi connectivity index (χ2n) is 7.27. The molecule has 0 aliphatic heterocycles. The van der Waals surface area contributed by atoms with Crippen LogP contribution in [-0.2, 0) is 17.6 Å². The molecule has 8 nitrogen and oxygen atoms in total. The van der Waals surface area contributed by atoms with Crippen LogP contribution in [0.2, 0.25) is 0 Å². The summed E-state index contributed by atoms with van der Waals surface area (Å²) < 4.78 is 20.5. The van der Waals surface area contributed by atoms with E-state index in [2.05, 4.69) is 15.5 Å². The van der Waals surface area contributed by atoms with E-state index in [0.29, 0.717) is 42.5 Å². The fraction of sp³-hybridized carbons (Fsp3) is 0.348. The zero-order valence-electron chi connectivity index (χ0n) is 18.3. The van der Waals surface area contributed by atoms with Gasteiger partial charge in [0.25, 0.3) is 0 Å². The number of carbonyl (C=O) groups excluding carboxylic acids is 1. The van der Waals surface area contributed by atoms with Crippen LogP contribution in [0.3, 0.4) is 0 Å². The third-order valence-corrected chi connectivity index (χ3v) is 5.96. The fourth-order valence-electron chi connectivity index (χ4n) is 3.19. The minimum atomic E-state index is -0.889. The molecule has 3 N–H and O–H groups in total. The third kappa shape index (κ3) is 7.01. The van der Waals surface area contributed by atoms with Gasteiger partial charge in [-0.05, 0) is 42.3 Å². The number of aliphatic hydroxyl groups excluding tert-OH is 2. The molecular formula is C23H27FN4O4S. The quantitative estimate of drug-likeness (QED) is 0.345. The minimum Gasteiger partial charge on any atom is -0.496 e. The maximum absolute atomic E-state index is 13.4. The van der Waals surface area contributed by atoms with Crippen molar-refractivity contribution in [2.24, 2.45) is 0 Å². The molecular weight excluding hydrogens is 447 g/mol. The van der Waals surface area contributed by atoms with Gasteiger partial charge in [-0.1, -0.05) is 30.0 Å². The molecule has 1 heterocycles. The number of aliphatic hydroxyl groups is 2. The van der Waals surface area contributed by atoms with Gasteiger partial charge in [0.05, 0.1) is 19.8 Å². The molecule has 1 amide bonds. The van der Waals surface area contributed by atoms with E-state index in [1.54, 1.807) is 23.8 Å². The van der Waals surface area contributed by atoms with Crippen molar-refractivity contribution in [2.75, 3.05) is 26.0 Å². The van der Waals surface area contributed by atoms with Crippen molar-refractivity contribution in [3.05, 3.63) is 65.7 Å². The molecule has 3 rings (SSSR count). The molecule has 0 spiro atoms. The number of hydrogen-bond donors (Lipinski definition) is 3. The zero-order valence-corrected chi connectivity index (χ0v) is 19.1. The maximum Gasteiger partial charge on any atom is 0.220 e. The van der Waals surface area contributed by atoms with Gasteiger partial charge in [-0.2, -0.15) is 0 Å². The molecule has 2 aromatic carbocycles. The summed E-state index contributed by atoms with van der Waals surface area (Å²) >= 11 is 1.23. The van der Waals surface area contributed by atoms with E-state index < -0.39 is 6.10 Å². The topological polar surface area (TPSA) is 110 Å². The van der Waals surface area contributed by atoms with Gasteiger partial charge in [0.1, 0.15) is 17.4 Å². The highest BCUT2D eigenvalue weighted by Crippen LogP contribution is 2.23. The summed E-state index contributed by atoms with van der Waals surface area (Å²) in [5.41, 5.74) is 1.64. The number of methoxy groups -OCH3 is 1. The SMILES string of the molecule is COc1ccccc1CCC(=O)NCCc1nnc(SCC(O)CO)n1-c1ccc(F)cc1. The molecule has 0 radical (unpaired) electrons. The number of aromatic nitrogens is 3. The van der Waals surface area contributed by atoms with Crippen LogP contribution in [-0.4, -0.2) is 63.0 Å². The Labute approximate surface area is 195 Å². The van der Waals surface area contributed by atoms with Gasteiger partial charge in [-0.25, -0.2) is 4.39 Å². The van der Waals surface area contributed by atoms with Crippen LogP contribution in [0.1, 0.15) is 17.8 Å². The number of amides is 1. The van der Waals surface area contributed by atoms with Crippen LogP contribution in [0.15, 0.2) is 53.7 Å². The Morgan fingerprint density at radius 1 is 1.18 bits per heavy atom. The van der Waals surface area contributed by atoms with Crippen molar-refractivity contribution < 1.29 is 24.1 Å². The highest BCUT2D eigenvalue weighted by atomic mass is 32.2. The summed E-state index contributed by atoms with van der Waals surface area (Å²) in [5.74, 6) is 1.13. The van der Waals surface area contributed by atoms with Gasteiger partial charge in [-0.3, -0.25) is 9.36 Å². The number of aryl methyl sites for hydroxylation is 1. The monoisotopic (exact) mass is 474 g/mol. The van der Waals surface area contributed by atoms with Gasteiger partial charge < -0.3 is 20.3 Å². The number of nitrogens with zero attached hydrogens (tertiary/aromatic N) is 3. The number of nitrogens with one attached hydrogen (secondary N) is 1. The zero-order chi connectivity index (χ0) is 23.6. The van der Waals surface area contributed by atoms with Crippen LogP contribution in [0.25, 0.3) is 5.69 Å². The standard InChI is InChI=1S/C23H27FN4O4S/c1-32-20-5-3-2-4-16(20)6-11-22(31)25-13-12-21-26-27-23(33-15-19(30)14-29)28(21)18-9-7-17(24)8-10-18/h2-5,7-10,19,29-30H,6,11-15H2,1H3,(H,25,31). The molecule has 0 fully saturated rings. The minimum absolute atomic E-state index is 0.0885. The molecule has 10 heteroatoms. The van der Waals surface area contributed by atoms with Crippen LogP contribution in [0, 0.1) is 5.82 Å². The predicted octanol–water partition coefficient (Wildman–Crippen LogP) is 2.15. The first-order chi connectivity index (χ1) is 16.0. The first kappa shape index (κ1) is 24.7. The molecule has 0 aliphatic rings. The fourth-order valence-corrected chi connectivity index (χ4v) is 4.07. The molecule has 1 unspecified atom stereocenters. The van der Waals surface area contributed by atoms with Crippen molar-refractivity contribution in [3.63, 3.8) is 0 Å². The predicted molar refractivity (Wildman–Crippen MR) is 123 cm³/mol. The summed E-state index contributed by atoms with van der Waals surface area (Å²) in [4.78, 5) is 12.3. The van der Waals surface area contributed by atoms with Crippen molar-refractivity contribution in [1.82, 2.24) is 20.1 Å². The number of ether oxygens (including phenoxy) is 1. The average Bonchev–Trinajstić information content (AvgIpc) is 3.24. The Hall–Kier alpha value is -2.95. The van der Waals surface area contributed by atoms with Crippen LogP contribution in [0.4, 0.5) is 4.39 Å². The summed E-state index contributed by atoms with van der Waals surface area (Å²) in [7, 11) is 1.60. The number of benzene rings is 2. The smallest absolute Gasteiger partial charge is 0.220 e. The van der Waals surface area contributed by atoms with Crippen LogP contribution >= 0.6 is 11.8 Å². The molecule has 0 saturated heterocycles. The largest absolute Gasteiger partial charge is 0.496 e. The van der Waals surface area contributed by atoms with Crippen molar-refractivity contribution in [2.45, 2.75) is 30.5 Å². The molecule has 0 bridgehead atoms. The van der Waals surface area contributed by atoms with E-state index >= 15 is 0 Å². The Balaban J connectivity index is 1.62. The molecule has 1 atom stereocenters. The summed E-state index contributed by atoms with van der Waals surface area (Å²) in [6.07, 6.45) is 0.411. The normalized spacial score (nSPS) is 11.9. The van der Waals surface area contributed by atoms with Crippen LogP contribution < -0.4 is 10.1 Å². The van der Waals surface area contributed by atoms with E-state index in [0.717, 1.165) is 11.3 Å². The Morgan fingerprint density at radius 3 is 2.67 bits per heavy atom. The van der Waals surface area contributed by atoms with Crippen molar-refractivity contribution in [1.29, 1.82) is 0 Å². The van der Waals surface area contributed by atoms with Gasteiger partial charge in [0.2, 0.25) is 5.91 Å². The Kier molecular flexibility index (Phi) is 9.23. The van der Waals surface area contributed by atoms with Gasteiger partial charge in [0.15, 0.2) is 5.16 Å². The Bertz CT molecular complexity index is 1050. The number of thioether (sulfide) groups is 1. The second kappa shape index (κ2) is 12.3.